The van der Waals surface area contributed by atoms with Gasteiger partial charge in [-0.3, -0.25) is 4.79 Å². The Kier molecular flexibility index (Phi) is 4.49. The van der Waals surface area contributed by atoms with Gasteiger partial charge in [0.05, 0.1) is 12.7 Å². The number of Topliss-reactive ketones (excluding diaryl/α,β-unsaturated/α-hetero) is 1. The number of ketones is 1. The number of benzene rings is 1. The largest absolute Gasteiger partial charge is 0.550 e. The van der Waals surface area contributed by atoms with Gasteiger partial charge in [0.1, 0.15) is 5.75 Å². The summed E-state index contributed by atoms with van der Waals surface area (Å²) in [6.07, 6.45) is -0.371. The molecule has 0 N–H and O–H groups in total. The Hall–Kier alpha value is -1.36. The average Bonchev–Trinajstić information content (AvgIpc) is 2.25. The minimum atomic E-state index is -1.23. The second kappa shape index (κ2) is 5.65. The summed E-state index contributed by atoms with van der Waals surface area (Å²) in [6.45, 7) is 0. The maximum Gasteiger partial charge on any atom is 0.167 e. The SMILES string of the molecule is COc1ccc(Br)cc1C(=O)CCC(=O)[O-]. The van der Waals surface area contributed by atoms with Crippen molar-refractivity contribution in [3.05, 3.63) is 28.2 Å². The summed E-state index contributed by atoms with van der Waals surface area (Å²) in [4.78, 5) is 21.9. The molecule has 0 spiro atoms. The van der Waals surface area contributed by atoms with Crippen molar-refractivity contribution in [1.82, 2.24) is 0 Å². The molecule has 0 atom stereocenters. The number of methoxy groups -OCH3 is 1. The molecule has 0 aliphatic rings. The Labute approximate surface area is 101 Å². The number of ether oxygens (including phenoxy) is 1. The first-order valence-corrected chi connectivity index (χ1v) is 5.40. The first kappa shape index (κ1) is 12.7. The summed E-state index contributed by atoms with van der Waals surface area (Å²) in [5, 5.41) is 10.3. The summed E-state index contributed by atoms with van der Waals surface area (Å²) >= 11 is 3.24. The predicted molar refractivity (Wildman–Crippen MR) is 59.3 cm³/mol. The minimum Gasteiger partial charge on any atom is -0.550 e. The van der Waals surface area contributed by atoms with E-state index in [4.69, 9.17) is 4.74 Å². The van der Waals surface area contributed by atoms with E-state index in [9.17, 15) is 14.7 Å². The number of carbonyl (C=O) groups excluding carboxylic acids is 2. The average molecular weight is 286 g/mol. The van der Waals surface area contributed by atoms with E-state index >= 15 is 0 Å². The molecule has 0 saturated carbocycles. The molecule has 0 heterocycles. The third-order valence-corrected chi connectivity index (χ3v) is 2.51. The van der Waals surface area contributed by atoms with Crippen molar-refractivity contribution in [3.8, 4) is 5.75 Å². The number of rotatable bonds is 5. The van der Waals surface area contributed by atoms with E-state index in [0.717, 1.165) is 4.47 Å². The van der Waals surface area contributed by atoms with Gasteiger partial charge in [0.15, 0.2) is 5.78 Å². The van der Waals surface area contributed by atoms with Crippen LogP contribution in [0.3, 0.4) is 0 Å². The van der Waals surface area contributed by atoms with Crippen LogP contribution in [0.1, 0.15) is 23.2 Å². The van der Waals surface area contributed by atoms with Gasteiger partial charge in [-0.05, 0) is 24.6 Å². The van der Waals surface area contributed by atoms with Gasteiger partial charge in [-0.1, -0.05) is 15.9 Å². The van der Waals surface area contributed by atoms with Gasteiger partial charge in [-0.2, -0.15) is 0 Å². The highest BCUT2D eigenvalue weighted by Crippen LogP contribution is 2.24. The van der Waals surface area contributed by atoms with Gasteiger partial charge in [0.25, 0.3) is 0 Å². The van der Waals surface area contributed by atoms with Crippen molar-refractivity contribution in [2.75, 3.05) is 7.11 Å². The topological polar surface area (TPSA) is 66.4 Å². The Morgan fingerprint density at radius 1 is 1.38 bits per heavy atom. The van der Waals surface area contributed by atoms with E-state index in [1.165, 1.54) is 7.11 Å². The van der Waals surface area contributed by atoms with Crippen molar-refractivity contribution in [2.24, 2.45) is 0 Å². The number of hydrogen-bond acceptors (Lipinski definition) is 4. The Balaban J connectivity index is 2.88. The molecule has 1 aromatic rings. The number of carbonyl (C=O) groups is 2. The van der Waals surface area contributed by atoms with Crippen LogP contribution in [0.5, 0.6) is 5.75 Å². The first-order valence-electron chi connectivity index (χ1n) is 4.61. The highest BCUT2D eigenvalue weighted by Gasteiger charge is 2.12. The molecule has 1 rings (SSSR count). The summed E-state index contributed by atoms with van der Waals surface area (Å²) in [5.74, 6) is -1.07. The minimum absolute atomic E-state index is 0.0881. The molecule has 1 aromatic carbocycles. The zero-order valence-corrected chi connectivity index (χ0v) is 10.2. The monoisotopic (exact) mass is 285 g/mol. The van der Waals surface area contributed by atoms with Crippen LogP contribution in [-0.2, 0) is 4.79 Å². The van der Waals surface area contributed by atoms with E-state index in [1.54, 1.807) is 18.2 Å². The molecule has 0 unspecified atom stereocenters. The number of carboxylic acids is 1. The van der Waals surface area contributed by atoms with Crippen LogP contribution in [0.4, 0.5) is 0 Å². The molecule has 0 aliphatic heterocycles. The fourth-order valence-corrected chi connectivity index (χ4v) is 1.61. The smallest absolute Gasteiger partial charge is 0.167 e. The van der Waals surface area contributed by atoms with Gasteiger partial charge in [0.2, 0.25) is 0 Å². The molecular weight excluding hydrogens is 276 g/mol. The van der Waals surface area contributed by atoms with Crippen LogP contribution in [0, 0.1) is 0 Å². The van der Waals surface area contributed by atoms with Crippen molar-refractivity contribution in [2.45, 2.75) is 12.8 Å². The first-order chi connectivity index (χ1) is 7.54. The molecule has 0 fully saturated rings. The van der Waals surface area contributed by atoms with E-state index in [2.05, 4.69) is 15.9 Å². The van der Waals surface area contributed by atoms with Crippen LogP contribution < -0.4 is 9.84 Å². The van der Waals surface area contributed by atoms with E-state index < -0.39 is 5.97 Å². The second-order valence-corrected chi connectivity index (χ2v) is 4.06. The Bertz CT molecular complexity index is 414. The lowest BCUT2D eigenvalue weighted by atomic mass is 10.1. The van der Waals surface area contributed by atoms with Gasteiger partial charge in [-0.15, -0.1) is 0 Å². The molecule has 86 valence electrons. The van der Waals surface area contributed by atoms with Gasteiger partial charge in [-0.25, -0.2) is 0 Å². The van der Waals surface area contributed by atoms with Crippen LogP contribution in [0.25, 0.3) is 0 Å². The lowest BCUT2D eigenvalue weighted by Crippen LogP contribution is -2.22. The molecule has 0 aromatic heterocycles. The zero-order chi connectivity index (χ0) is 12.1. The Morgan fingerprint density at radius 2 is 2.06 bits per heavy atom. The van der Waals surface area contributed by atoms with Crippen LogP contribution in [-0.4, -0.2) is 18.9 Å². The summed E-state index contributed by atoms with van der Waals surface area (Å²) in [6, 6.07) is 5.00. The normalized spacial score (nSPS) is 9.88. The molecule has 16 heavy (non-hydrogen) atoms. The van der Waals surface area contributed by atoms with Crippen molar-refractivity contribution in [3.63, 3.8) is 0 Å². The number of aliphatic carboxylic acids is 1. The fourth-order valence-electron chi connectivity index (χ4n) is 1.25. The Morgan fingerprint density at radius 3 is 2.62 bits per heavy atom. The lowest BCUT2D eigenvalue weighted by Gasteiger charge is -2.08. The van der Waals surface area contributed by atoms with Crippen molar-refractivity contribution in [1.29, 1.82) is 0 Å². The molecule has 0 saturated heterocycles. The van der Waals surface area contributed by atoms with Crippen LogP contribution >= 0.6 is 15.9 Å². The van der Waals surface area contributed by atoms with Gasteiger partial charge < -0.3 is 14.6 Å². The van der Waals surface area contributed by atoms with Gasteiger partial charge in [0, 0.05) is 16.9 Å². The molecule has 4 nitrogen and oxygen atoms in total. The summed E-state index contributed by atoms with van der Waals surface area (Å²) < 4.78 is 5.76. The van der Waals surface area contributed by atoms with Gasteiger partial charge >= 0.3 is 0 Å². The molecule has 0 radical (unpaired) electrons. The van der Waals surface area contributed by atoms with Crippen molar-refractivity contribution >= 4 is 27.7 Å². The summed E-state index contributed by atoms with van der Waals surface area (Å²) in [7, 11) is 1.46. The highest BCUT2D eigenvalue weighted by molar-refractivity contribution is 9.10. The zero-order valence-electron chi connectivity index (χ0n) is 8.66. The number of carboxylic acid groups (broad SMARTS) is 1. The fraction of sp³-hybridized carbons (Fsp3) is 0.273. The van der Waals surface area contributed by atoms with Crippen LogP contribution in [0.15, 0.2) is 22.7 Å². The molecular formula is C11H10BrO4-. The second-order valence-electron chi connectivity index (χ2n) is 3.14. The van der Waals surface area contributed by atoms with Crippen molar-refractivity contribution < 1.29 is 19.4 Å². The molecule has 0 bridgehead atoms. The third-order valence-electron chi connectivity index (χ3n) is 2.02. The number of halogens is 1. The highest BCUT2D eigenvalue weighted by atomic mass is 79.9. The maximum atomic E-state index is 11.7. The van der Waals surface area contributed by atoms with E-state index in [-0.39, 0.29) is 18.6 Å². The van der Waals surface area contributed by atoms with E-state index in [0.29, 0.717) is 11.3 Å². The maximum absolute atomic E-state index is 11.7. The summed E-state index contributed by atoms with van der Waals surface area (Å²) in [5.41, 5.74) is 0.373. The lowest BCUT2D eigenvalue weighted by molar-refractivity contribution is -0.305. The predicted octanol–water partition coefficient (Wildman–Crippen LogP) is 1.17. The molecule has 5 heteroatoms. The van der Waals surface area contributed by atoms with E-state index in [1.807, 2.05) is 0 Å². The molecule has 0 aliphatic carbocycles. The van der Waals surface area contributed by atoms with Crippen LogP contribution in [0.2, 0.25) is 0 Å². The third kappa shape index (κ3) is 3.34. The standard InChI is InChI=1S/C11H11BrO4/c1-16-10-4-2-7(12)6-8(10)9(13)3-5-11(14)15/h2,4,6H,3,5H2,1H3,(H,14,15)/p-1. The quantitative estimate of drug-likeness (QED) is 0.762. The number of hydrogen-bond donors (Lipinski definition) is 0. The molecule has 0 amide bonds.